The molecule has 0 aliphatic rings. The number of aliphatic carboxylic acids is 1. The first-order chi connectivity index (χ1) is 10.9. The van der Waals surface area contributed by atoms with Crippen molar-refractivity contribution in [3.8, 4) is 17.2 Å². The smallest absolute Gasteiger partial charge is 0.409 e. The van der Waals surface area contributed by atoms with Crippen LogP contribution in [0.4, 0.5) is 4.79 Å². The third kappa shape index (κ3) is 7.54. The van der Waals surface area contributed by atoms with Crippen molar-refractivity contribution < 1.29 is 29.6 Å². The van der Waals surface area contributed by atoms with Gasteiger partial charge in [0.25, 0.3) is 0 Å². The van der Waals surface area contributed by atoms with Crippen molar-refractivity contribution in [3.05, 3.63) is 60.2 Å². The normalized spacial score (nSPS) is 9.78. The van der Waals surface area contributed by atoms with Crippen LogP contribution in [0.3, 0.4) is 0 Å². The van der Waals surface area contributed by atoms with E-state index in [4.69, 9.17) is 26.9 Å². The number of hydrogen-bond acceptors (Lipinski definition) is 5. The quantitative estimate of drug-likeness (QED) is 0.449. The number of carboxylic acid groups (broad SMARTS) is 1. The van der Waals surface area contributed by atoms with Gasteiger partial charge < -0.3 is 20.1 Å². The van der Waals surface area contributed by atoms with Crippen LogP contribution in [-0.4, -0.2) is 26.7 Å². The highest BCUT2D eigenvalue weighted by Gasteiger charge is 1.98. The number of aromatic hydroxyl groups is 2. The van der Waals surface area contributed by atoms with Crippen molar-refractivity contribution in [1.82, 2.24) is 0 Å². The molecule has 0 aliphatic carbocycles. The summed E-state index contributed by atoms with van der Waals surface area (Å²) in [7, 11) is 0. The zero-order valence-electron chi connectivity index (χ0n) is 11.7. The van der Waals surface area contributed by atoms with Crippen LogP contribution < -0.4 is 4.74 Å². The van der Waals surface area contributed by atoms with E-state index in [0.717, 1.165) is 6.08 Å². The third-order valence-electron chi connectivity index (χ3n) is 2.36. The molecule has 6 nitrogen and oxygen atoms in total. The van der Waals surface area contributed by atoms with E-state index in [1.807, 2.05) is 6.07 Å². The second-order valence-electron chi connectivity index (χ2n) is 4.07. The van der Waals surface area contributed by atoms with E-state index in [0.29, 0.717) is 11.3 Å². The molecule has 0 amide bonds. The van der Waals surface area contributed by atoms with E-state index in [9.17, 15) is 9.59 Å². The number of ether oxygens (including phenoxy) is 1. The molecule has 0 spiro atoms. The summed E-state index contributed by atoms with van der Waals surface area (Å²) < 4.78 is 4.54. The molecule has 3 N–H and O–H groups in total. The van der Waals surface area contributed by atoms with Crippen LogP contribution in [0.15, 0.2) is 54.6 Å². The van der Waals surface area contributed by atoms with Crippen molar-refractivity contribution in [1.29, 1.82) is 0 Å². The Bertz CT molecular complexity index is 697. The fraction of sp³-hybridized carbons (Fsp3) is 0. The van der Waals surface area contributed by atoms with Gasteiger partial charge in [0.05, 0.1) is 0 Å². The molecule has 120 valence electrons. The average Bonchev–Trinajstić information content (AvgIpc) is 2.49. The lowest BCUT2D eigenvalue weighted by Gasteiger charge is -1.97. The van der Waals surface area contributed by atoms with Crippen LogP contribution in [0.1, 0.15) is 5.56 Å². The van der Waals surface area contributed by atoms with Gasteiger partial charge >= 0.3 is 11.4 Å². The van der Waals surface area contributed by atoms with E-state index in [-0.39, 0.29) is 11.5 Å². The maximum Gasteiger partial charge on any atom is 0.409 e. The Morgan fingerprint density at radius 1 is 1.00 bits per heavy atom. The SMILES string of the molecule is O=C(Cl)Oc1ccccc1.O=C(O)C=Cc1ccc(O)c(O)c1. The molecule has 2 aromatic carbocycles. The van der Waals surface area contributed by atoms with Crippen LogP contribution in [0, 0.1) is 0 Å². The van der Waals surface area contributed by atoms with Gasteiger partial charge in [-0.2, -0.15) is 0 Å². The monoisotopic (exact) mass is 336 g/mol. The molecule has 23 heavy (non-hydrogen) atoms. The van der Waals surface area contributed by atoms with Crippen LogP contribution in [0.5, 0.6) is 17.2 Å². The molecule has 0 saturated heterocycles. The highest BCUT2D eigenvalue weighted by Crippen LogP contribution is 2.25. The Morgan fingerprint density at radius 3 is 2.17 bits per heavy atom. The maximum absolute atomic E-state index is 10.2. The van der Waals surface area contributed by atoms with Gasteiger partial charge in [-0.1, -0.05) is 24.3 Å². The number of halogens is 1. The molecular weight excluding hydrogens is 324 g/mol. The molecule has 0 aromatic heterocycles. The second kappa shape index (κ2) is 9.11. The first-order valence-electron chi connectivity index (χ1n) is 6.24. The van der Waals surface area contributed by atoms with Gasteiger partial charge in [0.2, 0.25) is 0 Å². The summed E-state index contributed by atoms with van der Waals surface area (Å²) in [6.07, 6.45) is 2.27. The van der Waals surface area contributed by atoms with Crippen LogP contribution in [0.2, 0.25) is 0 Å². The average molecular weight is 337 g/mol. The Hall–Kier alpha value is -2.99. The van der Waals surface area contributed by atoms with E-state index in [2.05, 4.69) is 4.74 Å². The highest BCUT2D eigenvalue weighted by molar-refractivity contribution is 6.61. The molecule has 0 unspecified atom stereocenters. The van der Waals surface area contributed by atoms with Gasteiger partial charge in [0.1, 0.15) is 5.75 Å². The van der Waals surface area contributed by atoms with Crippen molar-refractivity contribution >= 4 is 29.1 Å². The molecule has 0 fully saturated rings. The number of carbonyl (C=O) groups is 2. The Morgan fingerprint density at radius 2 is 1.65 bits per heavy atom. The molecule has 0 atom stereocenters. The van der Waals surface area contributed by atoms with Crippen LogP contribution >= 0.6 is 11.6 Å². The zero-order chi connectivity index (χ0) is 17.2. The van der Waals surface area contributed by atoms with Gasteiger partial charge in [-0.25, -0.2) is 9.59 Å². The minimum absolute atomic E-state index is 0.229. The lowest BCUT2D eigenvalue weighted by molar-refractivity contribution is -0.131. The first kappa shape index (κ1) is 18.1. The van der Waals surface area contributed by atoms with Crippen LogP contribution in [-0.2, 0) is 4.79 Å². The largest absolute Gasteiger partial charge is 0.504 e. The number of carbonyl (C=O) groups excluding carboxylic acids is 1. The van der Waals surface area contributed by atoms with Crippen LogP contribution in [0.25, 0.3) is 6.08 Å². The molecule has 0 aliphatic heterocycles. The minimum Gasteiger partial charge on any atom is -0.504 e. The van der Waals surface area contributed by atoms with Gasteiger partial charge in [-0.05, 0) is 35.9 Å². The van der Waals surface area contributed by atoms with Crippen molar-refractivity contribution in [2.75, 3.05) is 0 Å². The van der Waals surface area contributed by atoms with E-state index < -0.39 is 11.4 Å². The number of benzene rings is 2. The maximum atomic E-state index is 10.2. The molecule has 0 radical (unpaired) electrons. The summed E-state index contributed by atoms with van der Waals surface area (Å²) in [6, 6.07) is 12.7. The Balaban J connectivity index is 0.000000238. The number of phenolic OH excluding ortho intramolecular Hbond substituents is 2. The molecule has 0 heterocycles. The number of para-hydroxylation sites is 1. The fourth-order valence-corrected chi connectivity index (χ4v) is 1.48. The van der Waals surface area contributed by atoms with Crippen molar-refractivity contribution in [3.63, 3.8) is 0 Å². The molecular formula is C16H13ClO6. The van der Waals surface area contributed by atoms with Gasteiger partial charge in [0, 0.05) is 17.7 Å². The molecule has 0 saturated carbocycles. The predicted molar refractivity (Wildman–Crippen MR) is 84.8 cm³/mol. The Labute approximate surface area is 136 Å². The predicted octanol–water partition coefficient (Wildman–Crippen LogP) is 3.62. The summed E-state index contributed by atoms with van der Waals surface area (Å²) in [4.78, 5) is 20.3. The number of hydrogen-bond donors (Lipinski definition) is 3. The second-order valence-corrected chi connectivity index (χ2v) is 4.38. The minimum atomic E-state index is -1.06. The summed E-state index contributed by atoms with van der Waals surface area (Å²) in [5.41, 5.74) is -0.302. The number of rotatable bonds is 3. The standard InChI is InChI=1S/C9H8O4.C7H5ClO2/c10-7-3-1-6(5-8(7)11)2-4-9(12)13;8-7(9)10-6-4-2-1-3-5-6/h1-5,10-11H,(H,12,13);1-5H. The Kier molecular flexibility index (Phi) is 7.16. The first-order valence-corrected chi connectivity index (χ1v) is 6.61. The summed E-state index contributed by atoms with van der Waals surface area (Å²) >= 11 is 4.95. The zero-order valence-corrected chi connectivity index (χ0v) is 12.5. The lowest BCUT2D eigenvalue weighted by Crippen LogP contribution is -1.94. The van der Waals surface area contributed by atoms with Gasteiger partial charge in [0.15, 0.2) is 11.5 Å². The summed E-state index contributed by atoms with van der Waals surface area (Å²) in [6.45, 7) is 0. The lowest BCUT2D eigenvalue weighted by atomic mass is 10.2. The number of carboxylic acids is 1. The highest BCUT2D eigenvalue weighted by atomic mass is 35.5. The van der Waals surface area contributed by atoms with E-state index in [1.165, 1.54) is 24.3 Å². The topological polar surface area (TPSA) is 104 Å². The molecule has 2 rings (SSSR count). The summed E-state index contributed by atoms with van der Waals surface area (Å²) in [5, 5.41) is 26.3. The van der Waals surface area contributed by atoms with E-state index in [1.54, 1.807) is 24.3 Å². The molecule has 2 aromatic rings. The fourth-order valence-electron chi connectivity index (χ4n) is 1.39. The number of phenols is 2. The third-order valence-corrected chi connectivity index (χ3v) is 2.44. The summed E-state index contributed by atoms with van der Waals surface area (Å²) in [5.74, 6) is -1.10. The molecule has 0 bridgehead atoms. The van der Waals surface area contributed by atoms with E-state index >= 15 is 0 Å². The van der Waals surface area contributed by atoms with Gasteiger partial charge in [-0.15, -0.1) is 0 Å². The van der Waals surface area contributed by atoms with Crippen molar-refractivity contribution in [2.24, 2.45) is 0 Å². The van der Waals surface area contributed by atoms with Crippen molar-refractivity contribution in [2.45, 2.75) is 0 Å². The van der Waals surface area contributed by atoms with Gasteiger partial charge in [-0.3, -0.25) is 0 Å². The molecule has 7 heteroatoms.